The van der Waals surface area contributed by atoms with E-state index in [-0.39, 0.29) is 18.5 Å². The summed E-state index contributed by atoms with van der Waals surface area (Å²) in [6, 6.07) is -0.627. The molecule has 0 radical (unpaired) electrons. The van der Waals surface area contributed by atoms with Crippen LogP contribution < -0.4 is 5.32 Å². The minimum atomic E-state index is -0.843. The van der Waals surface area contributed by atoms with Crippen LogP contribution in [0.3, 0.4) is 0 Å². The van der Waals surface area contributed by atoms with Gasteiger partial charge in [-0.2, -0.15) is 0 Å². The summed E-state index contributed by atoms with van der Waals surface area (Å²) in [6.45, 7) is 4.93. The van der Waals surface area contributed by atoms with Crippen molar-refractivity contribution in [2.45, 2.75) is 373 Å². The minimum Gasteiger partial charge on any atom is -0.466 e. The van der Waals surface area contributed by atoms with Gasteiger partial charge in [-0.3, -0.25) is 9.59 Å². The molecule has 416 valence electrons. The van der Waals surface area contributed by atoms with E-state index < -0.39 is 12.1 Å². The van der Waals surface area contributed by atoms with E-state index in [0.717, 1.165) is 38.5 Å². The molecule has 2 unspecified atom stereocenters. The van der Waals surface area contributed by atoms with E-state index in [1.807, 2.05) is 6.08 Å². The number of unbranched alkanes of at least 4 members (excludes halogenated alkanes) is 49. The van der Waals surface area contributed by atoms with E-state index in [4.69, 9.17) is 4.74 Å². The summed E-state index contributed by atoms with van der Waals surface area (Å²) < 4.78 is 5.51. The fraction of sp³-hybridized carbons (Fsp3) is 0.938. The first-order chi connectivity index (χ1) is 34.5. The molecule has 70 heavy (non-hydrogen) atoms. The third-order valence-corrected chi connectivity index (χ3v) is 15.1. The molecule has 0 aliphatic carbocycles. The lowest BCUT2D eigenvalue weighted by molar-refractivity contribution is -0.143. The summed E-state index contributed by atoms with van der Waals surface area (Å²) >= 11 is 0. The first-order valence-electron chi connectivity index (χ1n) is 32.0. The lowest BCUT2D eigenvalue weighted by Crippen LogP contribution is -2.45. The number of aliphatic hydroxyl groups excluding tert-OH is 2. The van der Waals surface area contributed by atoms with Crippen LogP contribution in [0, 0.1) is 0 Å². The van der Waals surface area contributed by atoms with Crippen LogP contribution in [-0.2, 0) is 14.3 Å². The molecule has 0 aromatic rings. The lowest BCUT2D eigenvalue weighted by atomic mass is 10.0. The molecule has 0 spiro atoms. The molecule has 0 heterocycles. The second-order valence-electron chi connectivity index (χ2n) is 22.1. The quantitative estimate of drug-likeness (QED) is 0.0321. The first kappa shape index (κ1) is 68.6. The van der Waals surface area contributed by atoms with Gasteiger partial charge in [0.25, 0.3) is 0 Å². The van der Waals surface area contributed by atoms with Gasteiger partial charge in [-0.15, -0.1) is 0 Å². The molecule has 0 aromatic heterocycles. The Labute approximate surface area is 438 Å². The highest BCUT2D eigenvalue weighted by Crippen LogP contribution is 2.18. The van der Waals surface area contributed by atoms with Crippen LogP contribution in [0.15, 0.2) is 12.2 Å². The fourth-order valence-corrected chi connectivity index (χ4v) is 10.2. The predicted octanol–water partition coefficient (Wildman–Crippen LogP) is 20.0. The third kappa shape index (κ3) is 55.9. The molecule has 6 nitrogen and oxygen atoms in total. The van der Waals surface area contributed by atoms with Gasteiger partial charge >= 0.3 is 5.97 Å². The molecule has 0 bridgehead atoms. The standard InChI is InChI=1S/C64H125NO5/c1-3-5-7-9-11-13-15-17-18-19-23-27-30-34-38-42-46-50-54-58-64(69)70-59-55-51-47-43-39-35-31-28-25-22-20-21-24-26-29-33-37-41-45-49-53-57-63(68)65-61(60-66)62(67)56-52-48-44-40-36-32-16-14-12-10-8-6-4-2/h52,56,61-62,66-67H,3-51,53-55,57-60H2,1-2H3,(H,65,68)/b56-52+. The molecule has 3 N–H and O–H groups in total. The molecule has 0 aliphatic rings. The number of hydrogen-bond acceptors (Lipinski definition) is 5. The fourth-order valence-electron chi connectivity index (χ4n) is 10.2. The van der Waals surface area contributed by atoms with Crippen molar-refractivity contribution in [1.29, 1.82) is 0 Å². The highest BCUT2D eigenvalue weighted by molar-refractivity contribution is 5.76. The number of rotatable bonds is 60. The van der Waals surface area contributed by atoms with Crippen LogP contribution in [0.1, 0.15) is 361 Å². The summed E-state index contributed by atoms with van der Waals surface area (Å²) in [7, 11) is 0. The molecule has 6 heteroatoms. The number of hydrogen-bond donors (Lipinski definition) is 3. The Kier molecular flexibility index (Phi) is 59.0. The Morgan fingerprint density at radius 1 is 0.386 bits per heavy atom. The molecule has 1 amide bonds. The summed E-state index contributed by atoms with van der Waals surface area (Å²) in [5, 5.41) is 23.1. The number of carbonyl (C=O) groups excluding carboxylic acids is 2. The van der Waals surface area contributed by atoms with Crippen molar-refractivity contribution in [1.82, 2.24) is 5.32 Å². The van der Waals surface area contributed by atoms with Crippen molar-refractivity contribution >= 4 is 11.9 Å². The van der Waals surface area contributed by atoms with E-state index in [9.17, 15) is 19.8 Å². The molecule has 0 fully saturated rings. The van der Waals surface area contributed by atoms with Crippen LogP contribution in [-0.4, -0.2) is 47.4 Å². The number of nitrogens with one attached hydrogen (secondary N) is 1. The monoisotopic (exact) mass is 988 g/mol. The largest absolute Gasteiger partial charge is 0.466 e. The van der Waals surface area contributed by atoms with Gasteiger partial charge < -0.3 is 20.3 Å². The maximum atomic E-state index is 12.4. The summed E-state index contributed by atoms with van der Waals surface area (Å²) in [4.78, 5) is 24.6. The van der Waals surface area contributed by atoms with Crippen molar-refractivity contribution in [2.24, 2.45) is 0 Å². The van der Waals surface area contributed by atoms with Crippen molar-refractivity contribution in [3.63, 3.8) is 0 Å². The Hall–Kier alpha value is -1.40. The zero-order valence-electron chi connectivity index (χ0n) is 47.5. The predicted molar refractivity (Wildman–Crippen MR) is 306 cm³/mol. The van der Waals surface area contributed by atoms with E-state index in [2.05, 4.69) is 19.2 Å². The summed E-state index contributed by atoms with van der Waals surface area (Å²) in [5.74, 6) is -0.0505. The van der Waals surface area contributed by atoms with Gasteiger partial charge in [0.2, 0.25) is 5.91 Å². The van der Waals surface area contributed by atoms with Gasteiger partial charge in [0.05, 0.1) is 25.4 Å². The van der Waals surface area contributed by atoms with Crippen molar-refractivity contribution in [2.75, 3.05) is 13.2 Å². The molecule has 0 aromatic carbocycles. The second kappa shape index (κ2) is 60.2. The van der Waals surface area contributed by atoms with Crippen molar-refractivity contribution in [3.8, 4) is 0 Å². The SMILES string of the molecule is CCCCCCCCCCCCC/C=C/C(O)C(CO)NC(=O)CCCCCCCCCCCCCCCCCCCCCCCOC(=O)CCCCCCCCCCCCCCCCCCCCC. The smallest absolute Gasteiger partial charge is 0.305 e. The maximum Gasteiger partial charge on any atom is 0.305 e. The molecule has 0 rings (SSSR count). The minimum absolute atomic E-state index is 0.0168. The average Bonchev–Trinajstić information content (AvgIpc) is 3.36. The number of esters is 1. The van der Waals surface area contributed by atoms with Gasteiger partial charge in [-0.1, -0.05) is 328 Å². The lowest BCUT2D eigenvalue weighted by Gasteiger charge is -2.20. The normalized spacial score (nSPS) is 12.6. The zero-order valence-corrected chi connectivity index (χ0v) is 47.5. The molecule has 0 aliphatic heterocycles. The second-order valence-corrected chi connectivity index (χ2v) is 22.1. The topological polar surface area (TPSA) is 95.9 Å². The Morgan fingerprint density at radius 2 is 0.657 bits per heavy atom. The number of ether oxygens (including phenoxy) is 1. The van der Waals surface area contributed by atoms with Gasteiger partial charge in [0, 0.05) is 12.8 Å². The van der Waals surface area contributed by atoms with Gasteiger partial charge in [-0.05, 0) is 32.1 Å². The Morgan fingerprint density at radius 3 is 0.971 bits per heavy atom. The highest BCUT2D eigenvalue weighted by Gasteiger charge is 2.18. The molecular formula is C64H125NO5. The molecular weight excluding hydrogens is 863 g/mol. The summed E-state index contributed by atoms with van der Waals surface area (Å²) in [5.41, 5.74) is 0. The molecule has 0 saturated carbocycles. The van der Waals surface area contributed by atoms with Crippen LogP contribution >= 0.6 is 0 Å². The number of carbonyl (C=O) groups is 2. The molecule has 2 atom stereocenters. The third-order valence-electron chi connectivity index (χ3n) is 15.1. The Balaban J connectivity index is 3.36. The van der Waals surface area contributed by atoms with Crippen LogP contribution in [0.25, 0.3) is 0 Å². The van der Waals surface area contributed by atoms with E-state index in [0.29, 0.717) is 19.4 Å². The number of aliphatic hydroxyl groups is 2. The number of allylic oxidation sites excluding steroid dienone is 1. The van der Waals surface area contributed by atoms with Gasteiger partial charge in [0.15, 0.2) is 0 Å². The van der Waals surface area contributed by atoms with Gasteiger partial charge in [0.1, 0.15) is 0 Å². The Bertz CT molecular complexity index is 1050. The van der Waals surface area contributed by atoms with E-state index in [1.54, 1.807) is 6.08 Å². The van der Waals surface area contributed by atoms with E-state index in [1.165, 1.54) is 295 Å². The van der Waals surface area contributed by atoms with Crippen molar-refractivity contribution in [3.05, 3.63) is 12.2 Å². The van der Waals surface area contributed by atoms with Crippen LogP contribution in [0.2, 0.25) is 0 Å². The van der Waals surface area contributed by atoms with Crippen molar-refractivity contribution < 1.29 is 24.5 Å². The number of amides is 1. The van der Waals surface area contributed by atoms with Crippen LogP contribution in [0.4, 0.5) is 0 Å². The molecule has 0 saturated heterocycles. The average molecular weight is 989 g/mol. The summed E-state index contributed by atoms with van der Waals surface area (Å²) in [6.07, 6.45) is 72.6. The zero-order chi connectivity index (χ0) is 50.7. The van der Waals surface area contributed by atoms with Gasteiger partial charge in [-0.25, -0.2) is 0 Å². The van der Waals surface area contributed by atoms with Crippen LogP contribution in [0.5, 0.6) is 0 Å². The maximum absolute atomic E-state index is 12.4. The first-order valence-corrected chi connectivity index (χ1v) is 32.0. The highest BCUT2D eigenvalue weighted by atomic mass is 16.5. The van der Waals surface area contributed by atoms with E-state index >= 15 is 0 Å².